The quantitative estimate of drug-likeness (QED) is 0.774. The van der Waals surface area contributed by atoms with E-state index in [1.165, 1.54) is 32.1 Å². The minimum atomic E-state index is 0.811. The number of hydrogen-bond donors (Lipinski definition) is 0. The Labute approximate surface area is 102 Å². The van der Waals surface area contributed by atoms with Crippen LogP contribution < -0.4 is 9.80 Å². The smallest absolute Gasteiger partial charge is 0.247 e. The Morgan fingerprint density at radius 3 is 2.24 bits per heavy atom. The second-order valence-electron chi connectivity index (χ2n) is 4.86. The number of nitrogens with zero attached hydrogens (tertiary/aromatic N) is 5. The second kappa shape index (κ2) is 4.85. The van der Waals surface area contributed by atoms with Gasteiger partial charge in [-0.05, 0) is 32.1 Å². The Hall–Kier alpha value is -1.39. The fourth-order valence-electron chi connectivity index (χ4n) is 2.61. The van der Waals surface area contributed by atoms with E-state index in [0.29, 0.717) is 0 Å². The molecule has 2 aliphatic heterocycles. The summed E-state index contributed by atoms with van der Waals surface area (Å²) < 4.78 is 0. The number of hydrogen-bond acceptors (Lipinski definition) is 5. The van der Waals surface area contributed by atoms with Gasteiger partial charge in [0, 0.05) is 26.2 Å². The van der Waals surface area contributed by atoms with Gasteiger partial charge in [0.15, 0.2) is 5.82 Å². The average Bonchev–Trinajstić information content (AvgIpc) is 2.94. The van der Waals surface area contributed by atoms with Crippen molar-refractivity contribution in [3.05, 3.63) is 6.20 Å². The van der Waals surface area contributed by atoms with Gasteiger partial charge in [0.1, 0.15) is 0 Å². The van der Waals surface area contributed by atoms with Crippen molar-refractivity contribution in [1.82, 2.24) is 15.2 Å². The van der Waals surface area contributed by atoms with Gasteiger partial charge < -0.3 is 9.80 Å². The molecule has 0 aliphatic carbocycles. The van der Waals surface area contributed by atoms with Gasteiger partial charge in [-0.25, -0.2) is 0 Å². The first-order valence-electron chi connectivity index (χ1n) is 6.63. The molecule has 5 heteroatoms. The molecule has 2 aliphatic rings. The lowest BCUT2D eigenvalue weighted by Crippen LogP contribution is -2.31. The Kier molecular flexibility index (Phi) is 3.07. The summed E-state index contributed by atoms with van der Waals surface area (Å²) >= 11 is 0. The number of rotatable bonds is 2. The molecule has 3 heterocycles. The molecule has 0 atom stereocenters. The van der Waals surface area contributed by atoms with Crippen LogP contribution in [0.3, 0.4) is 0 Å². The number of piperidine rings is 1. The third kappa shape index (κ3) is 2.33. The predicted molar refractivity (Wildman–Crippen MR) is 67.3 cm³/mol. The van der Waals surface area contributed by atoms with Crippen molar-refractivity contribution in [2.75, 3.05) is 36.0 Å². The lowest BCUT2D eigenvalue weighted by molar-refractivity contribution is 0.571. The van der Waals surface area contributed by atoms with Gasteiger partial charge in [0.25, 0.3) is 0 Å². The fraction of sp³-hybridized carbons (Fsp3) is 0.750. The van der Waals surface area contributed by atoms with Gasteiger partial charge in [-0.2, -0.15) is 10.1 Å². The predicted octanol–water partition coefficient (Wildman–Crippen LogP) is 1.46. The number of anilines is 2. The highest BCUT2D eigenvalue weighted by Crippen LogP contribution is 2.20. The zero-order valence-electron chi connectivity index (χ0n) is 10.2. The number of aromatic nitrogens is 3. The summed E-state index contributed by atoms with van der Waals surface area (Å²) in [6, 6.07) is 0. The Bertz CT molecular complexity index is 369. The normalized spacial score (nSPS) is 20.9. The van der Waals surface area contributed by atoms with Crippen LogP contribution in [-0.4, -0.2) is 41.4 Å². The van der Waals surface area contributed by atoms with Crippen molar-refractivity contribution in [3.8, 4) is 0 Å². The van der Waals surface area contributed by atoms with E-state index in [9.17, 15) is 0 Å². The molecule has 0 aromatic carbocycles. The first kappa shape index (κ1) is 10.7. The maximum atomic E-state index is 4.66. The molecule has 0 spiro atoms. The maximum absolute atomic E-state index is 4.66. The standard InChI is InChI=1S/C12H19N5/c1-2-6-16(7-3-1)11-10-13-15-12(14-11)17-8-4-5-9-17/h10H,1-9H2. The van der Waals surface area contributed by atoms with E-state index in [1.807, 2.05) is 0 Å². The lowest BCUT2D eigenvalue weighted by atomic mass is 10.1. The van der Waals surface area contributed by atoms with Gasteiger partial charge in [0.05, 0.1) is 6.20 Å². The Morgan fingerprint density at radius 1 is 0.824 bits per heavy atom. The van der Waals surface area contributed by atoms with Gasteiger partial charge in [0.2, 0.25) is 5.95 Å². The maximum Gasteiger partial charge on any atom is 0.247 e. The Morgan fingerprint density at radius 2 is 1.47 bits per heavy atom. The highest BCUT2D eigenvalue weighted by Gasteiger charge is 2.18. The molecule has 0 unspecified atom stereocenters. The molecule has 0 radical (unpaired) electrons. The molecule has 0 amide bonds. The van der Waals surface area contributed by atoms with Gasteiger partial charge >= 0.3 is 0 Å². The molecule has 5 nitrogen and oxygen atoms in total. The molecule has 3 rings (SSSR count). The molecule has 1 aromatic rings. The first-order valence-corrected chi connectivity index (χ1v) is 6.63. The molecule has 0 bridgehead atoms. The molecular formula is C12H19N5. The van der Waals surface area contributed by atoms with Crippen LogP contribution in [0.2, 0.25) is 0 Å². The third-order valence-corrected chi connectivity index (χ3v) is 3.60. The van der Waals surface area contributed by atoms with Crippen LogP contribution in [0.4, 0.5) is 11.8 Å². The van der Waals surface area contributed by atoms with Crippen molar-refractivity contribution in [3.63, 3.8) is 0 Å². The highest BCUT2D eigenvalue weighted by atomic mass is 15.4. The summed E-state index contributed by atoms with van der Waals surface area (Å²) in [5, 5.41) is 8.26. The molecule has 1 aromatic heterocycles. The van der Waals surface area contributed by atoms with Crippen LogP contribution >= 0.6 is 0 Å². The zero-order valence-corrected chi connectivity index (χ0v) is 10.2. The van der Waals surface area contributed by atoms with Gasteiger partial charge in [-0.3, -0.25) is 0 Å². The van der Waals surface area contributed by atoms with E-state index in [0.717, 1.165) is 37.9 Å². The van der Waals surface area contributed by atoms with Gasteiger partial charge in [-0.1, -0.05) is 0 Å². The summed E-state index contributed by atoms with van der Waals surface area (Å²) in [6.07, 6.45) is 8.17. The summed E-state index contributed by atoms with van der Waals surface area (Å²) in [6.45, 7) is 4.37. The van der Waals surface area contributed by atoms with Crippen molar-refractivity contribution in [2.24, 2.45) is 0 Å². The molecule has 2 saturated heterocycles. The van der Waals surface area contributed by atoms with Crippen LogP contribution in [0.1, 0.15) is 32.1 Å². The van der Waals surface area contributed by atoms with E-state index < -0.39 is 0 Å². The molecule has 2 fully saturated rings. The highest BCUT2D eigenvalue weighted by molar-refractivity contribution is 5.42. The molecule has 17 heavy (non-hydrogen) atoms. The van der Waals surface area contributed by atoms with E-state index >= 15 is 0 Å². The minimum Gasteiger partial charge on any atom is -0.355 e. The molecule has 92 valence electrons. The topological polar surface area (TPSA) is 45.2 Å². The molecular weight excluding hydrogens is 214 g/mol. The van der Waals surface area contributed by atoms with Crippen LogP contribution in [0.5, 0.6) is 0 Å². The minimum absolute atomic E-state index is 0.811. The van der Waals surface area contributed by atoms with E-state index in [-0.39, 0.29) is 0 Å². The fourth-order valence-corrected chi connectivity index (χ4v) is 2.61. The van der Waals surface area contributed by atoms with Gasteiger partial charge in [-0.15, -0.1) is 5.10 Å². The summed E-state index contributed by atoms with van der Waals surface area (Å²) in [7, 11) is 0. The second-order valence-corrected chi connectivity index (χ2v) is 4.86. The van der Waals surface area contributed by atoms with Crippen molar-refractivity contribution in [1.29, 1.82) is 0 Å². The van der Waals surface area contributed by atoms with Crippen molar-refractivity contribution >= 4 is 11.8 Å². The van der Waals surface area contributed by atoms with E-state index in [1.54, 1.807) is 6.20 Å². The van der Waals surface area contributed by atoms with Crippen molar-refractivity contribution in [2.45, 2.75) is 32.1 Å². The molecule has 0 saturated carbocycles. The first-order chi connectivity index (χ1) is 8.43. The zero-order chi connectivity index (χ0) is 11.5. The largest absolute Gasteiger partial charge is 0.355 e. The van der Waals surface area contributed by atoms with E-state index in [2.05, 4.69) is 25.0 Å². The SMILES string of the molecule is c1nnc(N2CCCC2)nc1N1CCCCC1. The van der Waals surface area contributed by atoms with Crippen LogP contribution in [0, 0.1) is 0 Å². The van der Waals surface area contributed by atoms with Crippen LogP contribution in [0.25, 0.3) is 0 Å². The van der Waals surface area contributed by atoms with Crippen LogP contribution in [0.15, 0.2) is 6.20 Å². The average molecular weight is 233 g/mol. The van der Waals surface area contributed by atoms with E-state index in [4.69, 9.17) is 0 Å². The van der Waals surface area contributed by atoms with Crippen molar-refractivity contribution < 1.29 is 0 Å². The monoisotopic (exact) mass is 233 g/mol. The summed E-state index contributed by atoms with van der Waals surface area (Å²) in [5.41, 5.74) is 0. The Balaban J connectivity index is 1.77. The summed E-state index contributed by atoms with van der Waals surface area (Å²) in [4.78, 5) is 9.22. The summed E-state index contributed by atoms with van der Waals surface area (Å²) in [5.74, 6) is 1.81. The molecule has 0 N–H and O–H groups in total. The van der Waals surface area contributed by atoms with Crippen LogP contribution in [-0.2, 0) is 0 Å². The third-order valence-electron chi connectivity index (χ3n) is 3.60. The lowest BCUT2D eigenvalue weighted by Gasteiger charge is -2.27.